The van der Waals surface area contributed by atoms with Gasteiger partial charge in [-0.2, -0.15) is 0 Å². The maximum atomic E-state index is 13.3. The predicted octanol–water partition coefficient (Wildman–Crippen LogP) is 6.26. The molecule has 1 aromatic heterocycles. The smallest absolute Gasteiger partial charge is 0.262 e. The summed E-state index contributed by atoms with van der Waals surface area (Å²) in [7, 11) is -3.73. The number of fused-ring (bicyclic) bond motifs is 1. The van der Waals surface area contributed by atoms with Crippen LogP contribution >= 0.6 is 0 Å². The average Bonchev–Trinajstić information content (AvgIpc) is 3.17. The van der Waals surface area contributed by atoms with E-state index in [4.69, 9.17) is 10.7 Å². The second kappa shape index (κ2) is 11.9. The molecule has 0 saturated heterocycles. The minimum absolute atomic E-state index is 0.336. The summed E-state index contributed by atoms with van der Waals surface area (Å²) in [6.07, 6.45) is 6.52. The van der Waals surface area contributed by atoms with Crippen molar-refractivity contribution in [3.63, 3.8) is 0 Å². The Morgan fingerprint density at radius 3 is 2.24 bits per heavy atom. The van der Waals surface area contributed by atoms with Crippen LogP contribution in [0.4, 0.5) is 5.69 Å². The Labute approximate surface area is 221 Å². The van der Waals surface area contributed by atoms with E-state index in [0.717, 1.165) is 72.3 Å². The molecule has 0 saturated carbocycles. The molecule has 7 heteroatoms. The molecule has 0 aliphatic carbocycles. The molecule has 4 rings (SSSR count). The first-order valence-corrected chi connectivity index (χ1v) is 14.6. The standard InChI is InChI=1S/C30H38N4O2S/c1-22-18-23(2)30(24(3)19-22)37(35,36)33-26-15-16-28-27(20-26)32-29(14-10-5-4-6-11-17-31)34(28)21-25-12-8-7-9-13-25/h7-9,12-13,15-16,18-20,33H,4-6,10-11,14,17,21,31H2,1-3H3. The molecule has 6 nitrogen and oxygen atoms in total. The third kappa shape index (κ3) is 6.59. The largest absolute Gasteiger partial charge is 0.330 e. The molecule has 0 aliphatic heterocycles. The highest BCUT2D eigenvalue weighted by Gasteiger charge is 2.21. The maximum absolute atomic E-state index is 13.3. The number of hydrogen-bond acceptors (Lipinski definition) is 4. The molecule has 0 amide bonds. The summed E-state index contributed by atoms with van der Waals surface area (Å²) in [5.41, 5.74) is 11.7. The molecule has 3 aromatic carbocycles. The molecule has 0 bridgehead atoms. The molecule has 0 unspecified atom stereocenters. The number of hydrogen-bond donors (Lipinski definition) is 2. The minimum atomic E-state index is -3.73. The van der Waals surface area contributed by atoms with Gasteiger partial charge in [0.05, 0.1) is 21.6 Å². The molecule has 1 heterocycles. The normalized spacial score (nSPS) is 11.8. The molecular weight excluding hydrogens is 480 g/mol. The van der Waals surface area contributed by atoms with Gasteiger partial charge >= 0.3 is 0 Å². The molecule has 4 aromatic rings. The summed E-state index contributed by atoms with van der Waals surface area (Å²) in [6, 6.07) is 19.8. The number of nitrogens with zero attached hydrogens (tertiary/aromatic N) is 2. The van der Waals surface area contributed by atoms with Crippen LogP contribution in [0.25, 0.3) is 11.0 Å². The summed E-state index contributed by atoms with van der Waals surface area (Å²) < 4.78 is 31.7. The topological polar surface area (TPSA) is 90.0 Å². The Kier molecular flexibility index (Phi) is 8.67. The van der Waals surface area contributed by atoms with Crippen LogP contribution in [0.2, 0.25) is 0 Å². The molecule has 0 fully saturated rings. The highest BCUT2D eigenvalue weighted by molar-refractivity contribution is 7.92. The lowest BCUT2D eigenvalue weighted by Crippen LogP contribution is -2.16. The summed E-state index contributed by atoms with van der Waals surface area (Å²) in [5.74, 6) is 1.03. The van der Waals surface area contributed by atoms with E-state index in [1.165, 1.54) is 18.4 Å². The lowest BCUT2D eigenvalue weighted by molar-refractivity contribution is 0.600. The number of rotatable bonds is 12. The van der Waals surface area contributed by atoms with Crippen molar-refractivity contribution in [3.05, 3.63) is 88.7 Å². The van der Waals surface area contributed by atoms with E-state index in [2.05, 4.69) is 21.4 Å². The number of unbranched alkanes of at least 4 members (excludes halogenated alkanes) is 4. The van der Waals surface area contributed by atoms with E-state index < -0.39 is 10.0 Å². The molecule has 0 atom stereocenters. The van der Waals surface area contributed by atoms with Gasteiger partial charge in [-0.3, -0.25) is 4.72 Å². The van der Waals surface area contributed by atoms with Crippen molar-refractivity contribution < 1.29 is 8.42 Å². The van der Waals surface area contributed by atoms with Gasteiger partial charge in [-0.05, 0) is 75.0 Å². The van der Waals surface area contributed by atoms with Crippen LogP contribution in [0.5, 0.6) is 0 Å². The van der Waals surface area contributed by atoms with Crippen molar-refractivity contribution in [2.45, 2.75) is 70.7 Å². The first-order valence-electron chi connectivity index (χ1n) is 13.1. The summed E-state index contributed by atoms with van der Waals surface area (Å²) in [6.45, 7) is 7.13. The van der Waals surface area contributed by atoms with E-state index in [9.17, 15) is 8.42 Å². The fraction of sp³-hybridized carbons (Fsp3) is 0.367. The maximum Gasteiger partial charge on any atom is 0.262 e. The second-order valence-electron chi connectivity index (χ2n) is 9.94. The van der Waals surface area contributed by atoms with Gasteiger partial charge in [0.2, 0.25) is 0 Å². The molecule has 0 spiro atoms. The first-order chi connectivity index (χ1) is 17.8. The fourth-order valence-corrected chi connectivity index (χ4v) is 6.64. The average molecular weight is 519 g/mol. The molecule has 0 radical (unpaired) electrons. The van der Waals surface area contributed by atoms with Gasteiger partial charge in [-0.1, -0.05) is 67.3 Å². The predicted molar refractivity (Wildman–Crippen MR) is 153 cm³/mol. The van der Waals surface area contributed by atoms with Gasteiger partial charge in [0.15, 0.2) is 0 Å². The second-order valence-corrected chi connectivity index (χ2v) is 11.6. The fourth-order valence-electron chi connectivity index (χ4n) is 5.13. The zero-order chi connectivity index (χ0) is 26.4. The highest BCUT2D eigenvalue weighted by atomic mass is 32.2. The number of anilines is 1. The van der Waals surface area contributed by atoms with E-state index in [0.29, 0.717) is 10.6 Å². The van der Waals surface area contributed by atoms with Crippen molar-refractivity contribution in [2.75, 3.05) is 11.3 Å². The van der Waals surface area contributed by atoms with Gasteiger partial charge < -0.3 is 10.3 Å². The Morgan fingerprint density at radius 2 is 1.54 bits per heavy atom. The molecule has 3 N–H and O–H groups in total. The van der Waals surface area contributed by atoms with E-state index >= 15 is 0 Å². The minimum Gasteiger partial charge on any atom is -0.330 e. The number of nitrogens with two attached hydrogens (primary N) is 1. The van der Waals surface area contributed by atoms with Crippen molar-refractivity contribution in [1.29, 1.82) is 0 Å². The van der Waals surface area contributed by atoms with E-state index in [-0.39, 0.29) is 0 Å². The Hall–Kier alpha value is -3.16. The van der Waals surface area contributed by atoms with Crippen LogP contribution < -0.4 is 10.5 Å². The van der Waals surface area contributed by atoms with Crippen molar-refractivity contribution in [3.8, 4) is 0 Å². The summed E-state index contributed by atoms with van der Waals surface area (Å²) in [4.78, 5) is 5.30. The monoisotopic (exact) mass is 518 g/mol. The number of sulfonamides is 1. The SMILES string of the molecule is Cc1cc(C)c(S(=O)(=O)Nc2ccc3c(c2)nc(CCCCCCCN)n3Cc2ccccc2)c(C)c1. The van der Waals surface area contributed by atoms with E-state index in [1.807, 2.05) is 69.3 Å². The zero-order valence-corrected chi connectivity index (χ0v) is 22.9. The van der Waals surface area contributed by atoms with Gasteiger partial charge in [0.1, 0.15) is 5.82 Å². The molecular formula is C30H38N4O2S. The number of imidazole rings is 1. The van der Waals surface area contributed by atoms with Crippen molar-refractivity contribution in [1.82, 2.24) is 9.55 Å². The molecule has 37 heavy (non-hydrogen) atoms. The molecule has 196 valence electrons. The number of benzene rings is 3. The van der Waals surface area contributed by atoms with E-state index in [1.54, 1.807) is 0 Å². The first kappa shape index (κ1) is 26.9. The Bertz CT molecular complexity index is 1440. The van der Waals surface area contributed by atoms with Gasteiger partial charge in [-0.15, -0.1) is 0 Å². The zero-order valence-electron chi connectivity index (χ0n) is 22.1. The third-order valence-electron chi connectivity index (χ3n) is 6.74. The van der Waals surface area contributed by atoms with Crippen LogP contribution in [0.1, 0.15) is 60.2 Å². The number of nitrogens with one attached hydrogen (secondary N) is 1. The van der Waals surface area contributed by atoms with Gasteiger partial charge in [0.25, 0.3) is 10.0 Å². The summed E-state index contributed by atoms with van der Waals surface area (Å²) in [5, 5.41) is 0. The Balaban J connectivity index is 1.62. The Morgan fingerprint density at radius 1 is 0.865 bits per heavy atom. The third-order valence-corrected chi connectivity index (χ3v) is 8.43. The van der Waals surface area contributed by atoms with Crippen LogP contribution in [0.3, 0.4) is 0 Å². The lowest BCUT2D eigenvalue weighted by atomic mass is 10.1. The lowest BCUT2D eigenvalue weighted by Gasteiger charge is -2.14. The van der Waals surface area contributed by atoms with Crippen molar-refractivity contribution >= 4 is 26.7 Å². The van der Waals surface area contributed by atoms with Crippen LogP contribution in [0, 0.1) is 20.8 Å². The van der Waals surface area contributed by atoms with Crippen molar-refractivity contribution in [2.24, 2.45) is 5.73 Å². The van der Waals surface area contributed by atoms with Crippen LogP contribution in [-0.4, -0.2) is 24.5 Å². The van der Waals surface area contributed by atoms with Gasteiger partial charge in [0, 0.05) is 13.0 Å². The number of aryl methyl sites for hydroxylation is 4. The highest BCUT2D eigenvalue weighted by Crippen LogP contribution is 2.27. The van der Waals surface area contributed by atoms with Crippen LogP contribution in [0.15, 0.2) is 65.6 Å². The summed E-state index contributed by atoms with van der Waals surface area (Å²) >= 11 is 0. The molecule has 0 aliphatic rings. The van der Waals surface area contributed by atoms with Gasteiger partial charge in [-0.25, -0.2) is 13.4 Å². The van der Waals surface area contributed by atoms with Crippen LogP contribution in [-0.2, 0) is 23.0 Å². The number of aromatic nitrogens is 2. The quantitative estimate of drug-likeness (QED) is 0.217.